The van der Waals surface area contributed by atoms with Gasteiger partial charge in [-0.25, -0.2) is 13.2 Å². The molecule has 1 aliphatic carbocycles. The molecule has 4 nitrogen and oxygen atoms in total. The van der Waals surface area contributed by atoms with E-state index >= 15 is 0 Å². The van der Waals surface area contributed by atoms with Crippen molar-refractivity contribution in [1.29, 1.82) is 0 Å². The van der Waals surface area contributed by atoms with Gasteiger partial charge in [0.15, 0.2) is 9.84 Å². The van der Waals surface area contributed by atoms with Crippen molar-refractivity contribution in [2.24, 2.45) is 4.99 Å². The van der Waals surface area contributed by atoms with Gasteiger partial charge in [-0.1, -0.05) is 19.3 Å². The highest BCUT2D eigenvalue weighted by molar-refractivity contribution is 7.92. The van der Waals surface area contributed by atoms with Crippen molar-refractivity contribution in [2.75, 3.05) is 5.75 Å². The van der Waals surface area contributed by atoms with Crippen LogP contribution in [0.2, 0.25) is 0 Å². The van der Waals surface area contributed by atoms with E-state index in [0.717, 1.165) is 32.1 Å². The standard InChI is InChI=1S/C11H17NO3S/c13-9-12-11(6-2-1-3-7-11)10-5-4-8-16(10,14)15/h10H,1-8H2. The molecule has 1 atom stereocenters. The van der Waals surface area contributed by atoms with Crippen molar-refractivity contribution in [3.05, 3.63) is 0 Å². The van der Waals surface area contributed by atoms with E-state index in [1.165, 1.54) is 0 Å². The third-order valence-electron chi connectivity index (χ3n) is 3.92. The highest BCUT2D eigenvalue weighted by atomic mass is 32.2. The fourth-order valence-corrected chi connectivity index (χ4v) is 5.49. The number of rotatable bonds is 2. The fourth-order valence-electron chi connectivity index (χ4n) is 3.16. The zero-order chi connectivity index (χ0) is 11.6. The van der Waals surface area contributed by atoms with Crippen LogP contribution in [0.15, 0.2) is 4.99 Å². The van der Waals surface area contributed by atoms with Crippen molar-refractivity contribution < 1.29 is 13.2 Å². The van der Waals surface area contributed by atoms with Gasteiger partial charge in [0.2, 0.25) is 6.08 Å². The molecular weight excluding hydrogens is 226 g/mol. The van der Waals surface area contributed by atoms with Gasteiger partial charge < -0.3 is 0 Å². The Morgan fingerprint density at radius 3 is 2.31 bits per heavy atom. The molecule has 0 aromatic rings. The third kappa shape index (κ3) is 1.94. The summed E-state index contributed by atoms with van der Waals surface area (Å²) in [4.78, 5) is 14.5. The minimum atomic E-state index is -3.04. The van der Waals surface area contributed by atoms with Gasteiger partial charge in [-0.15, -0.1) is 0 Å². The van der Waals surface area contributed by atoms with E-state index in [1.807, 2.05) is 0 Å². The van der Waals surface area contributed by atoms with Gasteiger partial charge in [-0.05, 0) is 25.7 Å². The first-order valence-electron chi connectivity index (χ1n) is 5.91. The molecule has 2 aliphatic rings. The van der Waals surface area contributed by atoms with Gasteiger partial charge in [0, 0.05) is 0 Å². The lowest BCUT2D eigenvalue weighted by Crippen LogP contribution is -2.44. The zero-order valence-corrected chi connectivity index (χ0v) is 10.1. The average molecular weight is 243 g/mol. The molecule has 2 fully saturated rings. The van der Waals surface area contributed by atoms with Crippen LogP contribution in [0.3, 0.4) is 0 Å². The van der Waals surface area contributed by atoms with Crippen LogP contribution in [0.25, 0.3) is 0 Å². The first-order valence-corrected chi connectivity index (χ1v) is 7.63. The van der Waals surface area contributed by atoms with Gasteiger partial charge in [0.05, 0.1) is 16.5 Å². The first kappa shape index (κ1) is 11.8. The molecule has 1 heterocycles. The smallest absolute Gasteiger partial charge is 0.228 e. The van der Waals surface area contributed by atoms with Gasteiger partial charge in [0.25, 0.3) is 0 Å². The molecule has 1 unspecified atom stereocenters. The summed E-state index contributed by atoms with van der Waals surface area (Å²) < 4.78 is 23.9. The second-order valence-electron chi connectivity index (χ2n) is 4.87. The van der Waals surface area contributed by atoms with Crippen LogP contribution in [-0.2, 0) is 14.6 Å². The minimum Gasteiger partial charge on any atom is -0.228 e. The van der Waals surface area contributed by atoms with Crippen molar-refractivity contribution in [1.82, 2.24) is 0 Å². The van der Waals surface area contributed by atoms with Gasteiger partial charge in [0.1, 0.15) is 0 Å². The Bertz CT molecular complexity index is 403. The maximum atomic E-state index is 12.0. The molecule has 90 valence electrons. The van der Waals surface area contributed by atoms with Crippen molar-refractivity contribution >= 4 is 15.9 Å². The summed E-state index contributed by atoms with van der Waals surface area (Å²) in [5.41, 5.74) is -0.644. The van der Waals surface area contributed by atoms with Crippen molar-refractivity contribution in [3.8, 4) is 0 Å². The largest absolute Gasteiger partial charge is 0.235 e. The quantitative estimate of drug-likeness (QED) is 0.546. The van der Waals surface area contributed by atoms with Crippen molar-refractivity contribution in [2.45, 2.75) is 55.7 Å². The maximum Gasteiger partial charge on any atom is 0.235 e. The normalized spacial score (nSPS) is 31.9. The summed E-state index contributed by atoms with van der Waals surface area (Å²) in [6.45, 7) is 0. The number of nitrogens with zero attached hydrogens (tertiary/aromatic N) is 1. The van der Waals surface area contributed by atoms with E-state index < -0.39 is 20.6 Å². The summed E-state index contributed by atoms with van der Waals surface area (Å²) in [5, 5.41) is -0.429. The SMILES string of the molecule is O=C=NC1(C2CCCS2(=O)=O)CCCCC1. The highest BCUT2D eigenvalue weighted by Gasteiger charge is 2.49. The molecule has 0 spiro atoms. The lowest BCUT2D eigenvalue weighted by molar-refractivity contribution is 0.281. The third-order valence-corrected chi connectivity index (χ3v) is 6.31. The monoisotopic (exact) mass is 243 g/mol. The Morgan fingerprint density at radius 1 is 1.12 bits per heavy atom. The van der Waals surface area contributed by atoms with Crippen molar-refractivity contribution in [3.63, 3.8) is 0 Å². The van der Waals surface area contributed by atoms with Crippen LogP contribution in [0.4, 0.5) is 0 Å². The predicted molar refractivity (Wildman–Crippen MR) is 60.7 cm³/mol. The van der Waals surface area contributed by atoms with Crippen LogP contribution < -0.4 is 0 Å². The fraction of sp³-hybridized carbons (Fsp3) is 0.909. The topological polar surface area (TPSA) is 63.6 Å². The lowest BCUT2D eigenvalue weighted by atomic mass is 9.78. The number of carbonyl (C=O) groups excluding carboxylic acids is 1. The number of hydrogen-bond acceptors (Lipinski definition) is 4. The van der Waals surface area contributed by atoms with E-state index in [1.54, 1.807) is 6.08 Å². The summed E-state index contributed by atoms with van der Waals surface area (Å²) in [5.74, 6) is 0.258. The maximum absolute atomic E-state index is 12.0. The van der Waals surface area contributed by atoms with Crippen LogP contribution >= 0.6 is 0 Å². The number of sulfone groups is 1. The summed E-state index contributed by atoms with van der Waals surface area (Å²) >= 11 is 0. The van der Waals surface area contributed by atoms with E-state index in [2.05, 4.69) is 4.99 Å². The van der Waals surface area contributed by atoms with E-state index in [-0.39, 0.29) is 5.75 Å². The number of aliphatic imine (C=N–C) groups is 1. The Balaban J connectivity index is 2.35. The van der Waals surface area contributed by atoms with Crippen LogP contribution in [0.5, 0.6) is 0 Å². The Kier molecular flexibility index (Phi) is 3.17. The van der Waals surface area contributed by atoms with E-state index in [9.17, 15) is 13.2 Å². The molecule has 0 amide bonds. The molecule has 0 N–H and O–H groups in total. The molecule has 1 saturated carbocycles. The Labute approximate surface area is 96.1 Å². The highest BCUT2D eigenvalue weighted by Crippen LogP contribution is 2.41. The van der Waals surface area contributed by atoms with Gasteiger partial charge in [-0.2, -0.15) is 4.99 Å². The van der Waals surface area contributed by atoms with Crippen LogP contribution in [0.1, 0.15) is 44.9 Å². The minimum absolute atomic E-state index is 0.258. The molecule has 0 aromatic carbocycles. The first-order chi connectivity index (χ1) is 7.61. The van der Waals surface area contributed by atoms with Crippen LogP contribution in [0, 0.1) is 0 Å². The van der Waals surface area contributed by atoms with Gasteiger partial charge >= 0.3 is 0 Å². The molecule has 0 aromatic heterocycles. The molecule has 16 heavy (non-hydrogen) atoms. The average Bonchev–Trinajstić information content (AvgIpc) is 2.60. The Morgan fingerprint density at radius 2 is 1.81 bits per heavy atom. The summed E-state index contributed by atoms with van der Waals surface area (Å²) in [7, 11) is -3.04. The molecular formula is C11H17NO3S. The summed E-state index contributed by atoms with van der Waals surface area (Å²) in [6.07, 6.45) is 7.48. The second kappa shape index (κ2) is 4.30. The Hall–Kier alpha value is -0.670. The second-order valence-corrected chi connectivity index (χ2v) is 7.17. The summed E-state index contributed by atoms with van der Waals surface area (Å²) in [6, 6.07) is 0. The van der Waals surface area contributed by atoms with Crippen LogP contribution in [-0.4, -0.2) is 31.0 Å². The number of hydrogen-bond donors (Lipinski definition) is 0. The lowest BCUT2D eigenvalue weighted by Gasteiger charge is -2.36. The molecule has 0 radical (unpaired) electrons. The number of isocyanates is 1. The predicted octanol–water partition coefficient (Wildman–Crippen LogP) is 1.60. The molecule has 5 heteroatoms. The van der Waals surface area contributed by atoms with E-state index in [4.69, 9.17) is 0 Å². The molecule has 1 aliphatic heterocycles. The molecule has 2 rings (SSSR count). The van der Waals surface area contributed by atoms with Gasteiger partial charge in [-0.3, -0.25) is 0 Å². The zero-order valence-electron chi connectivity index (χ0n) is 9.31. The molecule has 0 bridgehead atoms. The molecule has 1 saturated heterocycles. The van der Waals surface area contributed by atoms with E-state index in [0.29, 0.717) is 12.8 Å².